The molecule has 0 spiro atoms. The molecular formula is C24H25N3O4. The molecule has 2 fully saturated rings. The molecule has 2 aromatic rings. The summed E-state index contributed by atoms with van der Waals surface area (Å²) in [5.74, 6) is 1.54. The summed E-state index contributed by atoms with van der Waals surface area (Å²) >= 11 is 0. The molecule has 0 unspecified atom stereocenters. The van der Waals surface area contributed by atoms with Crippen molar-refractivity contribution in [3.05, 3.63) is 47.5 Å². The lowest BCUT2D eigenvalue weighted by molar-refractivity contribution is -0.117. The number of hydrogen-bond donors (Lipinski definition) is 1. The zero-order chi connectivity index (χ0) is 20.9. The Morgan fingerprint density at radius 2 is 1.74 bits per heavy atom. The van der Waals surface area contributed by atoms with E-state index in [9.17, 15) is 9.59 Å². The molecule has 4 aliphatic rings. The molecule has 7 nitrogen and oxygen atoms in total. The Hall–Kier alpha value is -3.22. The second-order valence-corrected chi connectivity index (χ2v) is 8.63. The summed E-state index contributed by atoms with van der Waals surface area (Å²) in [5.41, 5.74) is 3.44. The molecule has 0 bridgehead atoms. The molecule has 0 aromatic heterocycles. The maximum absolute atomic E-state index is 13.5. The van der Waals surface area contributed by atoms with E-state index in [0.29, 0.717) is 18.8 Å². The van der Waals surface area contributed by atoms with Crippen LogP contribution in [0.15, 0.2) is 36.4 Å². The van der Waals surface area contributed by atoms with E-state index in [1.165, 1.54) is 0 Å². The number of carbonyl (C=O) groups is 2. The van der Waals surface area contributed by atoms with E-state index >= 15 is 0 Å². The fourth-order valence-electron chi connectivity index (χ4n) is 5.35. The van der Waals surface area contributed by atoms with Gasteiger partial charge in [-0.15, -0.1) is 0 Å². The van der Waals surface area contributed by atoms with Gasteiger partial charge in [-0.25, -0.2) is 0 Å². The molecule has 2 saturated heterocycles. The smallest absolute Gasteiger partial charge is 0.254 e. The largest absolute Gasteiger partial charge is 0.486 e. The van der Waals surface area contributed by atoms with Crippen LogP contribution in [0.1, 0.15) is 47.6 Å². The number of amides is 2. The minimum atomic E-state index is -0.0766. The van der Waals surface area contributed by atoms with Crippen molar-refractivity contribution in [2.75, 3.05) is 36.5 Å². The van der Waals surface area contributed by atoms with Gasteiger partial charge in [0.1, 0.15) is 19.3 Å². The molecule has 160 valence electrons. The fourth-order valence-corrected chi connectivity index (χ4v) is 5.35. The van der Waals surface area contributed by atoms with Gasteiger partial charge in [-0.05, 0) is 61.6 Å². The maximum atomic E-state index is 13.5. The SMILES string of the molecule is O=C1Nc2cc(C(=O)N3CCC[C@@H]3c3ccc4c(c3)OCCO4)ccc2N2CCC[C@@H]12. The van der Waals surface area contributed by atoms with Crippen LogP contribution in [0.25, 0.3) is 0 Å². The van der Waals surface area contributed by atoms with Gasteiger partial charge in [-0.1, -0.05) is 6.07 Å². The second kappa shape index (κ2) is 7.18. The van der Waals surface area contributed by atoms with E-state index in [0.717, 1.165) is 67.2 Å². The monoisotopic (exact) mass is 419 g/mol. The lowest BCUT2D eigenvalue weighted by Crippen LogP contribution is -2.44. The summed E-state index contributed by atoms with van der Waals surface area (Å²) in [6.45, 7) is 2.71. The highest BCUT2D eigenvalue weighted by Gasteiger charge is 2.37. The Labute approximate surface area is 180 Å². The molecule has 6 rings (SSSR count). The molecule has 0 saturated carbocycles. The Bertz CT molecular complexity index is 1070. The lowest BCUT2D eigenvalue weighted by Gasteiger charge is -2.33. The number of ether oxygens (including phenoxy) is 2. The summed E-state index contributed by atoms with van der Waals surface area (Å²) in [6.07, 6.45) is 3.78. The fraction of sp³-hybridized carbons (Fsp3) is 0.417. The third kappa shape index (κ3) is 3.02. The van der Waals surface area contributed by atoms with Gasteiger partial charge >= 0.3 is 0 Å². The zero-order valence-electron chi connectivity index (χ0n) is 17.3. The number of nitrogens with zero attached hydrogens (tertiary/aromatic N) is 2. The van der Waals surface area contributed by atoms with Gasteiger partial charge in [-0.2, -0.15) is 0 Å². The van der Waals surface area contributed by atoms with Gasteiger partial charge < -0.3 is 24.6 Å². The predicted octanol–water partition coefficient (Wildman–Crippen LogP) is 3.36. The normalized spacial score (nSPS) is 23.9. The standard InChI is InChI=1S/C24H25N3O4/c28-23-20-4-2-9-26(20)19-7-5-16(13-17(19)25-23)24(29)27-10-1-3-18(27)15-6-8-21-22(14-15)31-12-11-30-21/h5-8,13-14,18,20H,1-4,9-12H2,(H,25,28)/t18-,20+/m1/s1. The van der Waals surface area contributed by atoms with Gasteiger partial charge in [0.2, 0.25) is 5.91 Å². The summed E-state index contributed by atoms with van der Waals surface area (Å²) in [4.78, 5) is 30.0. The van der Waals surface area contributed by atoms with E-state index in [1.807, 2.05) is 41.3 Å². The highest BCUT2D eigenvalue weighted by molar-refractivity contribution is 6.06. The molecule has 0 aliphatic carbocycles. The number of likely N-dealkylation sites (tertiary alicyclic amines) is 1. The average Bonchev–Trinajstić information content (AvgIpc) is 3.48. The minimum absolute atomic E-state index is 0.00187. The molecular weight excluding hydrogens is 394 g/mol. The first-order chi connectivity index (χ1) is 15.2. The van der Waals surface area contributed by atoms with Gasteiger partial charge in [0.15, 0.2) is 11.5 Å². The first-order valence-electron chi connectivity index (χ1n) is 11.1. The van der Waals surface area contributed by atoms with Gasteiger partial charge in [0.25, 0.3) is 5.91 Å². The maximum Gasteiger partial charge on any atom is 0.254 e. The lowest BCUT2D eigenvalue weighted by atomic mass is 10.0. The number of fused-ring (bicyclic) bond motifs is 4. The molecule has 4 heterocycles. The Kier molecular flexibility index (Phi) is 4.30. The van der Waals surface area contributed by atoms with Crippen LogP contribution in [0.3, 0.4) is 0 Å². The molecule has 7 heteroatoms. The van der Waals surface area contributed by atoms with Crippen LogP contribution in [0.4, 0.5) is 11.4 Å². The average molecular weight is 419 g/mol. The van der Waals surface area contributed by atoms with Crippen molar-refractivity contribution in [3.8, 4) is 11.5 Å². The van der Waals surface area contributed by atoms with Crippen molar-refractivity contribution in [1.82, 2.24) is 4.90 Å². The number of hydrogen-bond acceptors (Lipinski definition) is 5. The van der Waals surface area contributed by atoms with Crippen LogP contribution in [-0.4, -0.2) is 49.1 Å². The van der Waals surface area contributed by atoms with Gasteiger partial charge in [0.05, 0.1) is 17.4 Å². The van der Waals surface area contributed by atoms with Gasteiger partial charge in [0, 0.05) is 18.7 Å². The van der Waals surface area contributed by atoms with Crippen LogP contribution >= 0.6 is 0 Å². The summed E-state index contributed by atoms with van der Waals surface area (Å²) in [7, 11) is 0. The molecule has 2 aromatic carbocycles. The first-order valence-corrected chi connectivity index (χ1v) is 11.1. The van der Waals surface area contributed by atoms with E-state index in [2.05, 4.69) is 10.2 Å². The molecule has 2 atom stereocenters. The topological polar surface area (TPSA) is 71.1 Å². The van der Waals surface area contributed by atoms with E-state index in [4.69, 9.17) is 9.47 Å². The second-order valence-electron chi connectivity index (χ2n) is 8.63. The number of nitrogens with one attached hydrogen (secondary N) is 1. The molecule has 2 amide bonds. The van der Waals surface area contributed by atoms with Crippen molar-refractivity contribution >= 4 is 23.2 Å². The minimum Gasteiger partial charge on any atom is -0.486 e. The number of benzene rings is 2. The molecule has 1 N–H and O–H groups in total. The highest BCUT2D eigenvalue weighted by Crippen LogP contribution is 2.40. The highest BCUT2D eigenvalue weighted by atomic mass is 16.6. The summed E-state index contributed by atoms with van der Waals surface area (Å²) in [6, 6.07) is 11.6. The summed E-state index contributed by atoms with van der Waals surface area (Å²) in [5, 5.41) is 3.01. The Balaban J connectivity index is 1.28. The Morgan fingerprint density at radius 1 is 0.935 bits per heavy atom. The van der Waals surface area contributed by atoms with Crippen molar-refractivity contribution in [3.63, 3.8) is 0 Å². The first kappa shape index (κ1) is 18.5. The van der Waals surface area contributed by atoms with Crippen molar-refractivity contribution in [2.24, 2.45) is 0 Å². The third-order valence-corrected chi connectivity index (χ3v) is 6.83. The third-order valence-electron chi connectivity index (χ3n) is 6.83. The molecule has 0 radical (unpaired) electrons. The zero-order valence-corrected chi connectivity index (χ0v) is 17.3. The van der Waals surface area contributed by atoms with Crippen molar-refractivity contribution in [1.29, 1.82) is 0 Å². The van der Waals surface area contributed by atoms with Crippen LogP contribution in [0.5, 0.6) is 11.5 Å². The number of carbonyl (C=O) groups excluding carboxylic acids is 2. The van der Waals surface area contributed by atoms with Crippen LogP contribution < -0.4 is 19.7 Å². The van der Waals surface area contributed by atoms with E-state index < -0.39 is 0 Å². The summed E-state index contributed by atoms with van der Waals surface area (Å²) < 4.78 is 11.4. The van der Waals surface area contributed by atoms with Gasteiger partial charge in [-0.3, -0.25) is 9.59 Å². The van der Waals surface area contributed by atoms with Crippen molar-refractivity contribution in [2.45, 2.75) is 37.8 Å². The van der Waals surface area contributed by atoms with Crippen LogP contribution in [-0.2, 0) is 4.79 Å². The van der Waals surface area contributed by atoms with Crippen molar-refractivity contribution < 1.29 is 19.1 Å². The number of rotatable bonds is 2. The van der Waals surface area contributed by atoms with Crippen LogP contribution in [0, 0.1) is 0 Å². The quantitative estimate of drug-likeness (QED) is 0.808. The van der Waals surface area contributed by atoms with E-state index in [1.54, 1.807) is 0 Å². The Morgan fingerprint density at radius 3 is 2.65 bits per heavy atom. The molecule has 31 heavy (non-hydrogen) atoms. The van der Waals surface area contributed by atoms with E-state index in [-0.39, 0.29) is 23.9 Å². The number of anilines is 2. The predicted molar refractivity (Wildman–Crippen MR) is 116 cm³/mol. The molecule has 4 aliphatic heterocycles. The van der Waals surface area contributed by atoms with Crippen LogP contribution in [0.2, 0.25) is 0 Å².